The van der Waals surface area contributed by atoms with E-state index in [0.29, 0.717) is 6.04 Å². The molecule has 1 aliphatic carbocycles. The van der Waals surface area contributed by atoms with Gasteiger partial charge >= 0.3 is 0 Å². The van der Waals surface area contributed by atoms with Gasteiger partial charge in [0.2, 0.25) is 0 Å². The summed E-state index contributed by atoms with van der Waals surface area (Å²) in [6.45, 7) is 5.24. The minimum atomic E-state index is -0.125. The second-order valence-electron chi connectivity index (χ2n) is 5.82. The first-order chi connectivity index (χ1) is 9.20. The van der Waals surface area contributed by atoms with E-state index >= 15 is 0 Å². The molecule has 1 atom stereocenters. The van der Waals surface area contributed by atoms with Crippen LogP contribution in [0.1, 0.15) is 50.2 Å². The summed E-state index contributed by atoms with van der Waals surface area (Å²) in [6.07, 6.45) is 7.76. The Morgan fingerprint density at radius 1 is 1.32 bits per heavy atom. The zero-order valence-electron chi connectivity index (χ0n) is 12.2. The van der Waals surface area contributed by atoms with Gasteiger partial charge in [0.15, 0.2) is 0 Å². The van der Waals surface area contributed by atoms with Gasteiger partial charge in [-0.15, -0.1) is 0 Å². The van der Waals surface area contributed by atoms with E-state index in [-0.39, 0.29) is 5.82 Å². The molecule has 106 valence electrons. The number of hydrogen-bond donors (Lipinski definition) is 1. The molecule has 1 aromatic carbocycles. The predicted molar refractivity (Wildman–Crippen MR) is 78.9 cm³/mol. The third-order valence-electron chi connectivity index (χ3n) is 4.46. The summed E-state index contributed by atoms with van der Waals surface area (Å²) in [5.41, 5.74) is 2.38. The van der Waals surface area contributed by atoms with Crippen LogP contribution in [0, 0.1) is 18.7 Å². The Labute approximate surface area is 116 Å². The molecule has 0 heterocycles. The molecule has 1 fully saturated rings. The maximum absolute atomic E-state index is 13.1. The molecule has 1 saturated carbocycles. The van der Waals surface area contributed by atoms with Crippen molar-refractivity contribution in [2.24, 2.45) is 5.92 Å². The van der Waals surface area contributed by atoms with E-state index in [9.17, 15) is 4.39 Å². The molecule has 2 rings (SSSR count). The molecule has 0 spiro atoms. The van der Waals surface area contributed by atoms with Crippen molar-refractivity contribution in [3.63, 3.8) is 0 Å². The van der Waals surface area contributed by atoms with Crippen LogP contribution >= 0.6 is 0 Å². The van der Waals surface area contributed by atoms with E-state index < -0.39 is 0 Å². The normalized spacial score (nSPS) is 17.8. The molecule has 19 heavy (non-hydrogen) atoms. The molecule has 0 amide bonds. The molecule has 1 aromatic rings. The summed E-state index contributed by atoms with van der Waals surface area (Å²) in [7, 11) is 0. The highest BCUT2D eigenvalue weighted by Gasteiger charge is 2.24. The van der Waals surface area contributed by atoms with Gasteiger partial charge in [0.25, 0.3) is 0 Å². The van der Waals surface area contributed by atoms with Gasteiger partial charge in [-0.1, -0.05) is 25.8 Å². The quantitative estimate of drug-likeness (QED) is 0.809. The van der Waals surface area contributed by atoms with Crippen LogP contribution in [0.25, 0.3) is 0 Å². The zero-order chi connectivity index (χ0) is 13.7. The van der Waals surface area contributed by atoms with Gasteiger partial charge in [0.1, 0.15) is 5.82 Å². The predicted octanol–water partition coefficient (Wildman–Crippen LogP) is 4.24. The monoisotopic (exact) mass is 263 g/mol. The number of nitrogens with one attached hydrogen (secondary N) is 1. The molecule has 0 bridgehead atoms. The zero-order valence-corrected chi connectivity index (χ0v) is 12.2. The van der Waals surface area contributed by atoms with E-state index in [1.165, 1.54) is 37.7 Å². The van der Waals surface area contributed by atoms with Gasteiger partial charge in [0.05, 0.1) is 0 Å². The van der Waals surface area contributed by atoms with Crippen LogP contribution < -0.4 is 5.32 Å². The Morgan fingerprint density at radius 3 is 2.68 bits per heavy atom. The number of aryl methyl sites for hydroxylation is 2. The van der Waals surface area contributed by atoms with Gasteiger partial charge in [0, 0.05) is 6.04 Å². The van der Waals surface area contributed by atoms with Gasteiger partial charge in [-0.25, -0.2) is 4.39 Å². The molecule has 1 unspecified atom stereocenters. The fourth-order valence-corrected chi connectivity index (χ4v) is 3.38. The van der Waals surface area contributed by atoms with Crippen LogP contribution in [0.2, 0.25) is 0 Å². The van der Waals surface area contributed by atoms with Crippen LogP contribution in [-0.2, 0) is 6.42 Å². The van der Waals surface area contributed by atoms with Gasteiger partial charge < -0.3 is 5.32 Å². The second kappa shape index (κ2) is 7.04. The first-order valence-corrected chi connectivity index (χ1v) is 7.69. The number of hydrogen-bond acceptors (Lipinski definition) is 1. The Kier molecular flexibility index (Phi) is 5.38. The summed E-state index contributed by atoms with van der Waals surface area (Å²) in [6, 6.07) is 5.81. The highest BCUT2D eigenvalue weighted by molar-refractivity contribution is 5.26. The maximum atomic E-state index is 13.1. The van der Waals surface area contributed by atoms with Gasteiger partial charge in [-0.3, -0.25) is 0 Å². The molecule has 1 nitrogen and oxygen atoms in total. The minimum Gasteiger partial charge on any atom is -0.314 e. The van der Waals surface area contributed by atoms with Crippen molar-refractivity contribution >= 4 is 0 Å². The van der Waals surface area contributed by atoms with Crippen LogP contribution in [0.5, 0.6) is 0 Å². The third-order valence-corrected chi connectivity index (χ3v) is 4.46. The van der Waals surface area contributed by atoms with Crippen LogP contribution in [0.4, 0.5) is 4.39 Å². The maximum Gasteiger partial charge on any atom is 0.123 e. The second-order valence-corrected chi connectivity index (χ2v) is 5.82. The first-order valence-electron chi connectivity index (χ1n) is 7.69. The summed E-state index contributed by atoms with van der Waals surface area (Å²) in [4.78, 5) is 0. The average molecular weight is 263 g/mol. The van der Waals surface area contributed by atoms with Crippen LogP contribution in [0.3, 0.4) is 0 Å². The minimum absolute atomic E-state index is 0.125. The highest BCUT2D eigenvalue weighted by atomic mass is 19.1. The van der Waals surface area contributed by atoms with Crippen molar-refractivity contribution in [3.05, 3.63) is 35.1 Å². The van der Waals surface area contributed by atoms with E-state index in [1.807, 2.05) is 13.0 Å². The largest absolute Gasteiger partial charge is 0.314 e. The molecule has 0 saturated heterocycles. The summed E-state index contributed by atoms with van der Waals surface area (Å²) in [5.74, 6) is 0.723. The lowest BCUT2D eigenvalue weighted by Crippen LogP contribution is -2.35. The highest BCUT2D eigenvalue weighted by Crippen LogP contribution is 2.29. The Balaban J connectivity index is 1.93. The molecule has 0 radical (unpaired) electrons. The van der Waals surface area contributed by atoms with Crippen LogP contribution in [-0.4, -0.2) is 12.6 Å². The lowest BCUT2D eigenvalue weighted by atomic mass is 9.91. The van der Waals surface area contributed by atoms with E-state index in [1.54, 1.807) is 12.1 Å². The molecule has 1 aliphatic rings. The van der Waals surface area contributed by atoms with Crippen molar-refractivity contribution in [1.82, 2.24) is 5.32 Å². The van der Waals surface area contributed by atoms with E-state index in [0.717, 1.165) is 24.4 Å². The molecule has 0 aromatic heterocycles. The number of halogens is 1. The molecular weight excluding hydrogens is 237 g/mol. The molecule has 2 heteroatoms. The smallest absolute Gasteiger partial charge is 0.123 e. The third kappa shape index (κ3) is 4.04. The SMILES string of the molecule is CCNC(CCc1ccc(F)cc1C)C1CCCC1. The first kappa shape index (κ1) is 14.5. The van der Waals surface area contributed by atoms with Crippen molar-refractivity contribution in [1.29, 1.82) is 0 Å². The van der Waals surface area contributed by atoms with E-state index in [4.69, 9.17) is 0 Å². The van der Waals surface area contributed by atoms with E-state index in [2.05, 4.69) is 12.2 Å². The average Bonchev–Trinajstić information content (AvgIpc) is 2.90. The fraction of sp³-hybridized carbons (Fsp3) is 0.647. The topological polar surface area (TPSA) is 12.0 Å². The Bertz CT molecular complexity index is 396. The summed E-state index contributed by atoms with van der Waals surface area (Å²) >= 11 is 0. The molecular formula is C17H26FN. The standard InChI is InChI=1S/C17H26FN/c1-3-19-17(15-6-4-5-7-15)11-9-14-8-10-16(18)12-13(14)2/h8,10,12,15,17,19H,3-7,9,11H2,1-2H3. The molecule has 0 aliphatic heterocycles. The van der Waals surface area contributed by atoms with Crippen LogP contribution in [0.15, 0.2) is 18.2 Å². The van der Waals surface area contributed by atoms with Crippen molar-refractivity contribution in [2.45, 2.75) is 58.4 Å². The lowest BCUT2D eigenvalue weighted by Gasteiger charge is -2.24. The van der Waals surface area contributed by atoms with Gasteiger partial charge in [-0.05, 0) is 68.3 Å². The van der Waals surface area contributed by atoms with Gasteiger partial charge in [-0.2, -0.15) is 0 Å². The molecule has 1 N–H and O–H groups in total. The number of rotatable bonds is 6. The fourth-order valence-electron chi connectivity index (χ4n) is 3.38. The van der Waals surface area contributed by atoms with Crippen molar-refractivity contribution < 1.29 is 4.39 Å². The summed E-state index contributed by atoms with van der Waals surface area (Å²) < 4.78 is 13.1. The summed E-state index contributed by atoms with van der Waals surface area (Å²) in [5, 5.41) is 3.65. The Morgan fingerprint density at radius 2 is 2.05 bits per heavy atom. The van der Waals surface area contributed by atoms with Crippen molar-refractivity contribution in [3.8, 4) is 0 Å². The lowest BCUT2D eigenvalue weighted by molar-refractivity contribution is 0.346. The number of benzene rings is 1. The van der Waals surface area contributed by atoms with Crippen molar-refractivity contribution in [2.75, 3.05) is 6.54 Å². The Hall–Kier alpha value is -0.890.